The molecule has 170 valence electrons. The van der Waals surface area contributed by atoms with Crippen molar-refractivity contribution in [3.8, 4) is 22.6 Å². The van der Waals surface area contributed by atoms with Gasteiger partial charge >= 0.3 is 12.1 Å². The molecule has 0 bridgehead atoms. The number of benzene rings is 3. The number of esters is 1. The van der Waals surface area contributed by atoms with Crippen molar-refractivity contribution in [1.29, 1.82) is 0 Å². The molecule has 0 aromatic heterocycles. The van der Waals surface area contributed by atoms with Crippen LogP contribution in [0.25, 0.3) is 11.1 Å². The Hall–Kier alpha value is -4.01. The number of alkyl halides is 3. The maximum Gasteiger partial charge on any atom is 0.416 e. The highest BCUT2D eigenvalue weighted by atomic mass is 19.4. The second-order valence-electron chi connectivity index (χ2n) is 7.16. The summed E-state index contributed by atoms with van der Waals surface area (Å²) in [5, 5.41) is 2.64. The second-order valence-corrected chi connectivity index (χ2v) is 7.16. The van der Waals surface area contributed by atoms with Crippen LogP contribution in [0, 0.1) is 0 Å². The lowest BCUT2D eigenvalue weighted by Gasteiger charge is -2.12. The van der Waals surface area contributed by atoms with Crippen molar-refractivity contribution < 1.29 is 37.0 Å². The first-order valence-electron chi connectivity index (χ1n) is 9.90. The number of halogens is 3. The Morgan fingerprint density at radius 1 is 0.939 bits per heavy atom. The minimum atomic E-state index is -4.45. The molecule has 0 radical (unpaired) electrons. The van der Waals surface area contributed by atoms with Gasteiger partial charge in [-0.1, -0.05) is 36.4 Å². The van der Waals surface area contributed by atoms with Crippen molar-refractivity contribution in [1.82, 2.24) is 5.32 Å². The van der Waals surface area contributed by atoms with E-state index in [2.05, 4.69) is 5.32 Å². The number of hydrogen-bond donors (Lipinski definition) is 1. The van der Waals surface area contributed by atoms with Crippen molar-refractivity contribution in [2.24, 2.45) is 0 Å². The van der Waals surface area contributed by atoms with E-state index in [4.69, 9.17) is 14.2 Å². The van der Waals surface area contributed by atoms with Gasteiger partial charge in [0.05, 0.1) is 11.1 Å². The van der Waals surface area contributed by atoms with Crippen molar-refractivity contribution >= 4 is 11.9 Å². The van der Waals surface area contributed by atoms with Crippen LogP contribution >= 0.6 is 0 Å². The highest BCUT2D eigenvalue weighted by Crippen LogP contribution is 2.33. The standard InChI is InChI=1S/C24H18F3NO5/c25-24(26,27)17-8-6-16(7-9-17)18-3-1-2-4-19(18)23(30)31-13-22(29)28-12-15-5-10-20-21(11-15)33-14-32-20/h1-11H,12-14H2,(H,28,29). The Kier molecular flexibility index (Phi) is 6.21. The number of amides is 1. The molecule has 3 aromatic rings. The van der Waals surface area contributed by atoms with Crippen molar-refractivity contribution in [3.05, 3.63) is 83.4 Å². The summed E-state index contributed by atoms with van der Waals surface area (Å²) >= 11 is 0. The Balaban J connectivity index is 1.36. The van der Waals surface area contributed by atoms with Crippen LogP contribution < -0.4 is 14.8 Å². The molecule has 0 atom stereocenters. The predicted octanol–water partition coefficient (Wildman–Crippen LogP) is 4.57. The Labute approximate surface area is 186 Å². The maximum atomic E-state index is 12.8. The largest absolute Gasteiger partial charge is 0.454 e. The molecule has 9 heteroatoms. The molecule has 33 heavy (non-hydrogen) atoms. The van der Waals surface area contributed by atoms with E-state index in [1.165, 1.54) is 18.2 Å². The first kappa shape index (κ1) is 22.2. The molecule has 1 aliphatic rings. The molecule has 1 N–H and O–H groups in total. The van der Waals surface area contributed by atoms with Gasteiger partial charge in [0.25, 0.3) is 5.91 Å². The molecule has 0 aliphatic carbocycles. The highest BCUT2D eigenvalue weighted by Gasteiger charge is 2.30. The quantitative estimate of drug-likeness (QED) is 0.549. The van der Waals surface area contributed by atoms with Crippen LogP contribution in [0.4, 0.5) is 13.2 Å². The van der Waals surface area contributed by atoms with Crippen LogP contribution in [-0.4, -0.2) is 25.3 Å². The van der Waals surface area contributed by atoms with Gasteiger partial charge in [-0.05, 0) is 47.0 Å². The number of fused-ring (bicyclic) bond motifs is 1. The van der Waals surface area contributed by atoms with Crippen LogP contribution in [0.1, 0.15) is 21.5 Å². The number of ether oxygens (including phenoxy) is 3. The van der Waals surface area contributed by atoms with Crippen molar-refractivity contribution in [3.63, 3.8) is 0 Å². The fraction of sp³-hybridized carbons (Fsp3) is 0.167. The summed E-state index contributed by atoms with van der Waals surface area (Å²) < 4.78 is 54.1. The smallest absolute Gasteiger partial charge is 0.416 e. The summed E-state index contributed by atoms with van der Waals surface area (Å²) in [5.41, 5.74) is 0.956. The predicted molar refractivity (Wildman–Crippen MR) is 112 cm³/mol. The average molecular weight is 457 g/mol. The van der Waals surface area contributed by atoms with Gasteiger partial charge in [-0.25, -0.2) is 4.79 Å². The molecular formula is C24H18F3NO5. The summed E-state index contributed by atoms with van der Waals surface area (Å²) in [6.07, 6.45) is -4.45. The third kappa shape index (κ3) is 5.25. The zero-order valence-corrected chi connectivity index (χ0v) is 17.1. The van der Waals surface area contributed by atoms with Gasteiger partial charge in [0.15, 0.2) is 18.1 Å². The number of nitrogens with one attached hydrogen (secondary N) is 1. The van der Waals surface area contributed by atoms with Gasteiger partial charge in [-0.2, -0.15) is 13.2 Å². The average Bonchev–Trinajstić information content (AvgIpc) is 3.28. The first-order valence-corrected chi connectivity index (χ1v) is 9.90. The molecule has 0 saturated heterocycles. The van der Waals surface area contributed by atoms with E-state index >= 15 is 0 Å². The van der Waals surface area contributed by atoms with Crippen molar-refractivity contribution in [2.45, 2.75) is 12.7 Å². The van der Waals surface area contributed by atoms with E-state index in [1.807, 2.05) is 0 Å². The molecule has 6 nitrogen and oxygen atoms in total. The summed E-state index contributed by atoms with van der Waals surface area (Å²) in [7, 11) is 0. The molecule has 1 amide bonds. The minimum absolute atomic E-state index is 0.140. The van der Waals surface area contributed by atoms with Crippen LogP contribution in [0.5, 0.6) is 11.5 Å². The lowest BCUT2D eigenvalue weighted by Crippen LogP contribution is -2.28. The lowest BCUT2D eigenvalue weighted by atomic mass is 9.98. The Morgan fingerprint density at radius 3 is 2.42 bits per heavy atom. The second kappa shape index (κ2) is 9.23. The van der Waals surface area contributed by atoms with Crippen LogP contribution in [0.15, 0.2) is 66.7 Å². The molecule has 0 fully saturated rings. The monoisotopic (exact) mass is 457 g/mol. The zero-order valence-electron chi connectivity index (χ0n) is 17.1. The van der Waals surface area contributed by atoms with E-state index < -0.39 is 30.2 Å². The van der Waals surface area contributed by atoms with Crippen LogP contribution in [0.2, 0.25) is 0 Å². The first-order chi connectivity index (χ1) is 15.8. The Morgan fingerprint density at radius 2 is 1.67 bits per heavy atom. The van der Waals surface area contributed by atoms with Gasteiger partial charge in [0.2, 0.25) is 6.79 Å². The molecule has 3 aromatic carbocycles. The molecule has 0 spiro atoms. The number of rotatable bonds is 6. The van der Waals surface area contributed by atoms with Crippen molar-refractivity contribution in [2.75, 3.05) is 13.4 Å². The lowest BCUT2D eigenvalue weighted by molar-refractivity contribution is -0.137. The number of carbonyl (C=O) groups excluding carboxylic acids is 2. The molecular weight excluding hydrogens is 439 g/mol. The number of hydrogen-bond acceptors (Lipinski definition) is 5. The number of carbonyl (C=O) groups is 2. The molecule has 1 heterocycles. The normalized spacial score (nSPS) is 12.3. The third-order valence-corrected chi connectivity index (χ3v) is 4.93. The SMILES string of the molecule is O=C(COC(=O)c1ccccc1-c1ccc(C(F)(F)F)cc1)NCc1ccc2c(c1)OCO2. The highest BCUT2D eigenvalue weighted by molar-refractivity contribution is 5.98. The van der Waals surface area contributed by atoms with E-state index in [9.17, 15) is 22.8 Å². The van der Waals surface area contributed by atoms with Gasteiger partial charge in [-0.3, -0.25) is 4.79 Å². The van der Waals surface area contributed by atoms with Gasteiger partial charge in [0, 0.05) is 6.54 Å². The van der Waals surface area contributed by atoms with E-state index in [-0.39, 0.29) is 18.9 Å². The minimum Gasteiger partial charge on any atom is -0.454 e. The molecule has 4 rings (SSSR count). The Bertz CT molecular complexity index is 1180. The molecule has 0 unspecified atom stereocenters. The molecule has 1 aliphatic heterocycles. The zero-order chi connectivity index (χ0) is 23.4. The maximum absolute atomic E-state index is 12.8. The van der Waals surface area contributed by atoms with Gasteiger partial charge < -0.3 is 19.5 Å². The van der Waals surface area contributed by atoms with E-state index in [0.29, 0.717) is 22.6 Å². The van der Waals surface area contributed by atoms with Crippen LogP contribution in [-0.2, 0) is 22.3 Å². The summed E-state index contributed by atoms with van der Waals surface area (Å²) in [5.74, 6) is -0.0458. The summed E-state index contributed by atoms with van der Waals surface area (Å²) in [6.45, 7) is -0.158. The van der Waals surface area contributed by atoms with E-state index in [1.54, 1.807) is 36.4 Å². The topological polar surface area (TPSA) is 73.9 Å². The molecule has 0 saturated carbocycles. The van der Waals surface area contributed by atoms with E-state index in [0.717, 1.165) is 17.7 Å². The third-order valence-electron chi connectivity index (χ3n) is 4.93. The van der Waals surface area contributed by atoms with Gasteiger partial charge in [0.1, 0.15) is 0 Å². The van der Waals surface area contributed by atoms with Crippen LogP contribution in [0.3, 0.4) is 0 Å². The fourth-order valence-electron chi connectivity index (χ4n) is 3.26. The fourth-order valence-corrected chi connectivity index (χ4v) is 3.26. The summed E-state index contributed by atoms with van der Waals surface area (Å²) in [6, 6.07) is 16.1. The summed E-state index contributed by atoms with van der Waals surface area (Å²) in [4.78, 5) is 24.7. The van der Waals surface area contributed by atoms with Gasteiger partial charge in [-0.15, -0.1) is 0 Å².